The Kier molecular flexibility index (Phi) is 4.26. The molecule has 0 amide bonds. The van der Waals surface area contributed by atoms with E-state index >= 15 is 0 Å². The lowest BCUT2D eigenvalue weighted by Gasteiger charge is -2.24. The Balaban J connectivity index is 2.60. The first kappa shape index (κ1) is 13.4. The molecule has 0 bridgehead atoms. The smallest absolute Gasteiger partial charge is 0.302 e. The highest BCUT2D eigenvalue weighted by Gasteiger charge is 2.38. The lowest BCUT2D eigenvalue weighted by molar-refractivity contribution is -0.423. The van der Waals surface area contributed by atoms with Crippen LogP contribution in [0.5, 0.6) is 0 Å². The van der Waals surface area contributed by atoms with Crippen LogP contribution in [0.4, 0.5) is 0 Å². The van der Waals surface area contributed by atoms with Gasteiger partial charge < -0.3 is 14.6 Å². The summed E-state index contributed by atoms with van der Waals surface area (Å²) in [5.74, 6) is -1.38. The zero-order valence-corrected chi connectivity index (χ0v) is 9.93. The Bertz CT molecular complexity index is 252. The minimum Gasteiger partial charge on any atom is -0.463 e. The van der Waals surface area contributed by atoms with E-state index in [0.29, 0.717) is 0 Å². The Labute approximate surface area is 94.4 Å². The van der Waals surface area contributed by atoms with Crippen molar-refractivity contribution in [1.29, 1.82) is 0 Å². The molecule has 1 rings (SSSR count). The van der Waals surface area contributed by atoms with Crippen LogP contribution in [0.1, 0.15) is 27.7 Å². The lowest BCUT2D eigenvalue weighted by atomic mass is 10.1. The summed E-state index contributed by atoms with van der Waals surface area (Å²) in [7, 11) is 0. The summed E-state index contributed by atoms with van der Waals surface area (Å²) in [6.45, 7) is 6.26. The summed E-state index contributed by atoms with van der Waals surface area (Å²) in [4.78, 5) is 20.7. The molecule has 0 saturated carbocycles. The summed E-state index contributed by atoms with van der Waals surface area (Å²) < 4.78 is 10.2. The van der Waals surface area contributed by atoms with E-state index in [-0.39, 0.29) is 6.61 Å². The molecule has 0 aromatic carbocycles. The second kappa shape index (κ2) is 5.09. The van der Waals surface area contributed by atoms with Crippen molar-refractivity contribution in [2.75, 3.05) is 6.61 Å². The normalized spacial score (nSPS) is 34.2. The van der Waals surface area contributed by atoms with Crippen LogP contribution in [-0.4, -0.2) is 41.8 Å². The molecule has 0 aliphatic carbocycles. The first-order valence-electron chi connectivity index (χ1n) is 5.15. The molecule has 1 aliphatic rings. The van der Waals surface area contributed by atoms with Gasteiger partial charge in [-0.15, -0.1) is 0 Å². The number of aliphatic hydroxyl groups excluding tert-OH is 1. The van der Waals surface area contributed by atoms with E-state index < -0.39 is 30.1 Å². The first-order chi connectivity index (χ1) is 7.32. The highest BCUT2D eigenvalue weighted by Crippen LogP contribution is 2.24. The molecule has 0 aromatic heterocycles. The quantitative estimate of drug-likeness (QED) is 0.550. The van der Waals surface area contributed by atoms with Gasteiger partial charge in [-0.05, 0) is 20.8 Å². The van der Waals surface area contributed by atoms with E-state index in [4.69, 9.17) is 19.2 Å². The standard InChI is InChI=1S/C10H18O6/c1-6-9(12)8(5-13-7(2)11)15-16-10(3,4)14-6/h6,8-9,12H,5H2,1-4H3/t6?,8-,9-/m1/s1. The molecule has 0 radical (unpaired) electrons. The molecule has 1 saturated heterocycles. The fourth-order valence-corrected chi connectivity index (χ4v) is 1.40. The van der Waals surface area contributed by atoms with Crippen LogP contribution < -0.4 is 0 Å². The lowest BCUT2D eigenvalue weighted by Crippen LogP contribution is -2.40. The average molecular weight is 234 g/mol. The Morgan fingerprint density at radius 3 is 2.69 bits per heavy atom. The van der Waals surface area contributed by atoms with Gasteiger partial charge in [-0.2, -0.15) is 0 Å². The van der Waals surface area contributed by atoms with Gasteiger partial charge in [0.2, 0.25) is 0 Å². The van der Waals surface area contributed by atoms with Crippen molar-refractivity contribution in [2.24, 2.45) is 0 Å². The minimum atomic E-state index is -0.939. The molecule has 0 aromatic rings. The van der Waals surface area contributed by atoms with Crippen LogP contribution in [0.25, 0.3) is 0 Å². The first-order valence-corrected chi connectivity index (χ1v) is 5.15. The second-order valence-electron chi connectivity index (χ2n) is 4.23. The maximum absolute atomic E-state index is 10.7. The topological polar surface area (TPSA) is 74.2 Å². The van der Waals surface area contributed by atoms with Gasteiger partial charge in [-0.25, -0.2) is 9.78 Å². The molecule has 1 fully saturated rings. The van der Waals surface area contributed by atoms with E-state index in [0.717, 1.165) is 0 Å². The third-order valence-electron chi connectivity index (χ3n) is 2.15. The molecule has 3 atom stereocenters. The number of hydrogen-bond donors (Lipinski definition) is 1. The number of hydrogen-bond acceptors (Lipinski definition) is 6. The molecule has 16 heavy (non-hydrogen) atoms. The van der Waals surface area contributed by atoms with Gasteiger partial charge >= 0.3 is 5.97 Å². The Morgan fingerprint density at radius 1 is 1.50 bits per heavy atom. The van der Waals surface area contributed by atoms with E-state index in [2.05, 4.69) is 0 Å². The van der Waals surface area contributed by atoms with Gasteiger partial charge in [-0.1, -0.05) is 0 Å². The highest BCUT2D eigenvalue weighted by atomic mass is 17.2. The van der Waals surface area contributed by atoms with Crippen LogP contribution >= 0.6 is 0 Å². The fourth-order valence-electron chi connectivity index (χ4n) is 1.40. The number of carbonyl (C=O) groups excluding carboxylic acids is 1. The van der Waals surface area contributed by atoms with Crippen molar-refractivity contribution >= 4 is 5.97 Å². The van der Waals surface area contributed by atoms with Crippen molar-refractivity contribution in [2.45, 2.75) is 51.8 Å². The minimum absolute atomic E-state index is 0.0692. The maximum Gasteiger partial charge on any atom is 0.302 e. The predicted molar refractivity (Wildman–Crippen MR) is 53.2 cm³/mol. The third-order valence-corrected chi connectivity index (χ3v) is 2.15. The maximum atomic E-state index is 10.7. The number of ether oxygens (including phenoxy) is 2. The van der Waals surface area contributed by atoms with Gasteiger partial charge in [0, 0.05) is 6.92 Å². The van der Waals surface area contributed by atoms with Crippen LogP contribution in [-0.2, 0) is 24.0 Å². The molecule has 0 spiro atoms. The van der Waals surface area contributed by atoms with Crippen molar-refractivity contribution in [3.8, 4) is 0 Å². The molecule has 1 unspecified atom stereocenters. The molecular formula is C10H18O6. The average Bonchev–Trinajstić information content (AvgIpc) is 2.23. The molecule has 6 heteroatoms. The SMILES string of the molecule is CC(=O)OC[C@H]1OOC(C)(C)OC(C)[C@H]1O. The predicted octanol–water partition coefficient (Wildman–Crippen LogP) is 0.382. The number of rotatable bonds is 2. The van der Waals surface area contributed by atoms with E-state index in [1.807, 2.05) is 0 Å². The molecule has 1 N–H and O–H groups in total. The summed E-state index contributed by atoms with van der Waals surface area (Å²) in [5.41, 5.74) is 0. The van der Waals surface area contributed by atoms with Crippen LogP contribution in [0.15, 0.2) is 0 Å². The molecule has 1 heterocycles. The number of aliphatic hydroxyl groups is 1. The van der Waals surface area contributed by atoms with Crippen LogP contribution in [0, 0.1) is 0 Å². The van der Waals surface area contributed by atoms with Crippen molar-refractivity contribution in [3.05, 3.63) is 0 Å². The molecule has 1 aliphatic heterocycles. The monoisotopic (exact) mass is 234 g/mol. The summed E-state index contributed by atoms with van der Waals surface area (Å²) in [6.07, 6.45) is -2.14. The van der Waals surface area contributed by atoms with E-state index in [1.54, 1.807) is 20.8 Å². The zero-order valence-electron chi connectivity index (χ0n) is 9.93. The van der Waals surface area contributed by atoms with Gasteiger partial charge in [0.1, 0.15) is 12.7 Å². The second-order valence-corrected chi connectivity index (χ2v) is 4.23. The zero-order chi connectivity index (χ0) is 12.3. The van der Waals surface area contributed by atoms with E-state index in [9.17, 15) is 9.90 Å². The summed E-state index contributed by atoms with van der Waals surface area (Å²) >= 11 is 0. The Hall–Kier alpha value is -0.690. The van der Waals surface area contributed by atoms with Crippen molar-refractivity contribution in [3.63, 3.8) is 0 Å². The van der Waals surface area contributed by atoms with Crippen LogP contribution in [0.2, 0.25) is 0 Å². The molecule has 6 nitrogen and oxygen atoms in total. The third kappa shape index (κ3) is 3.71. The van der Waals surface area contributed by atoms with Crippen molar-refractivity contribution in [1.82, 2.24) is 0 Å². The summed E-state index contributed by atoms with van der Waals surface area (Å²) in [5, 5.41) is 9.84. The Morgan fingerprint density at radius 2 is 2.12 bits per heavy atom. The fraction of sp³-hybridized carbons (Fsp3) is 0.900. The van der Waals surface area contributed by atoms with Gasteiger partial charge in [0.25, 0.3) is 0 Å². The van der Waals surface area contributed by atoms with Gasteiger partial charge in [-0.3, -0.25) is 4.79 Å². The van der Waals surface area contributed by atoms with Gasteiger partial charge in [0.05, 0.1) is 6.10 Å². The van der Waals surface area contributed by atoms with Crippen LogP contribution in [0.3, 0.4) is 0 Å². The van der Waals surface area contributed by atoms with E-state index in [1.165, 1.54) is 6.92 Å². The van der Waals surface area contributed by atoms with Gasteiger partial charge in [0.15, 0.2) is 11.9 Å². The molecule has 94 valence electrons. The highest BCUT2D eigenvalue weighted by molar-refractivity contribution is 5.65. The number of esters is 1. The summed E-state index contributed by atoms with van der Waals surface area (Å²) in [6, 6.07) is 0. The van der Waals surface area contributed by atoms with Crippen molar-refractivity contribution < 1.29 is 29.1 Å². The number of carbonyl (C=O) groups is 1. The molecular weight excluding hydrogens is 216 g/mol. The largest absolute Gasteiger partial charge is 0.463 e.